The van der Waals surface area contributed by atoms with E-state index < -0.39 is 5.97 Å². The molecule has 0 aliphatic carbocycles. The maximum absolute atomic E-state index is 12.9. The fourth-order valence-corrected chi connectivity index (χ4v) is 1.39. The zero-order valence-electron chi connectivity index (χ0n) is 9.33. The number of esters is 1. The summed E-state index contributed by atoms with van der Waals surface area (Å²) in [6.07, 6.45) is 0. The molecule has 0 heterocycles. The van der Waals surface area contributed by atoms with E-state index in [0.29, 0.717) is 16.8 Å². The summed E-state index contributed by atoms with van der Waals surface area (Å²) in [6.45, 7) is 5.56. The Morgan fingerprint density at radius 2 is 2.24 bits per heavy atom. The first-order valence-corrected chi connectivity index (χ1v) is 5.76. The number of ether oxygens (including phenoxy) is 2. The summed E-state index contributed by atoms with van der Waals surface area (Å²) >= 11 is 3.04. The van der Waals surface area contributed by atoms with Gasteiger partial charge in [-0.15, -0.1) is 0 Å². The Labute approximate surface area is 107 Å². The number of hydrogen-bond donors (Lipinski definition) is 0. The van der Waals surface area contributed by atoms with E-state index in [1.54, 1.807) is 6.92 Å². The lowest BCUT2D eigenvalue weighted by Gasteiger charge is -2.08. The molecular weight excluding hydrogens is 291 g/mol. The van der Waals surface area contributed by atoms with Gasteiger partial charge in [-0.25, -0.2) is 9.18 Å². The Hall–Kier alpha value is -1.36. The van der Waals surface area contributed by atoms with Gasteiger partial charge in [-0.3, -0.25) is 0 Å². The molecule has 0 aromatic heterocycles. The molecule has 0 aliphatic heterocycles. The molecule has 0 radical (unpaired) electrons. The number of rotatable bonds is 5. The van der Waals surface area contributed by atoms with Crippen LogP contribution in [0.5, 0.6) is 5.75 Å². The molecule has 0 unspecified atom stereocenters. The lowest BCUT2D eigenvalue weighted by atomic mass is 10.3. The predicted molar refractivity (Wildman–Crippen MR) is 65.4 cm³/mol. The summed E-state index contributed by atoms with van der Waals surface area (Å²) in [5.41, 5.74) is 0.215. The summed E-state index contributed by atoms with van der Waals surface area (Å²) in [5, 5.41) is 0. The summed E-state index contributed by atoms with van der Waals surface area (Å²) < 4.78 is 23.3. The third-order valence-corrected chi connectivity index (χ3v) is 2.48. The lowest BCUT2D eigenvalue weighted by Crippen LogP contribution is -2.13. The molecule has 0 fully saturated rings. The minimum atomic E-state index is -0.492. The van der Waals surface area contributed by atoms with Crippen molar-refractivity contribution < 1.29 is 18.7 Å². The van der Waals surface area contributed by atoms with Gasteiger partial charge in [0.25, 0.3) is 0 Å². The lowest BCUT2D eigenvalue weighted by molar-refractivity contribution is -0.138. The molecule has 92 valence electrons. The molecule has 1 aromatic rings. The van der Waals surface area contributed by atoms with Crippen molar-refractivity contribution in [2.75, 3.05) is 13.2 Å². The molecule has 0 N–H and O–H groups in total. The third kappa shape index (κ3) is 4.19. The van der Waals surface area contributed by atoms with E-state index in [1.165, 1.54) is 18.2 Å². The van der Waals surface area contributed by atoms with E-state index in [-0.39, 0.29) is 18.0 Å². The number of benzene rings is 1. The van der Waals surface area contributed by atoms with Gasteiger partial charge in [-0.1, -0.05) is 6.58 Å². The minimum Gasteiger partial charge on any atom is -0.489 e. The largest absolute Gasteiger partial charge is 0.489 e. The first-order valence-electron chi connectivity index (χ1n) is 4.97. The van der Waals surface area contributed by atoms with Crippen LogP contribution in [0.4, 0.5) is 4.39 Å². The highest BCUT2D eigenvalue weighted by molar-refractivity contribution is 9.10. The highest BCUT2D eigenvalue weighted by atomic mass is 79.9. The second-order valence-electron chi connectivity index (χ2n) is 3.19. The van der Waals surface area contributed by atoms with E-state index in [9.17, 15) is 9.18 Å². The van der Waals surface area contributed by atoms with E-state index in [0.717, 1.165) is 0 Å². The second kappa shape index (κ2) is 6.39. The van der Waals surface area contributed by atoms with E-state index in [4.69, 9.17) is 9.47 Å². The molecule has 3 nitrogen and oxygen atoms in total. The molecule has 0 amide bonds. The van der Waals surface area contributed by atoms with Crippen LogP contribution in [-0.2, 0) is 9.53 Å². The average Bonchev–Trinajstić information content (AvgIpc) is 2.30. The van der Waals surface area contributed by atoms with Crippen molar-refractivity contribution >= 4 is 21.9 Å². The first kappa shape index (κ1) is 13.7. The second-order valence-corrected chi connectivity index (χ2v) is 4.04. The first-order chi connectivity index (χ1) is 8.04. The van der Waals surface area contributed by atoms with Crippen molar-refractivity contribution in [2.24, 2.45) is 0 Å². The minimum absolute atomic E-state index is 0.0108. The fourth-order valence-electron chi connectivity index (χ4n) is 1.03. The van der Waals surface area contributed by atoms with Crippen LogP contribution in [0.1, 0.15) is 6.92 Å². The van der Waals surface area contributed by atoms with Crippen LogP contribution in [0.3, 0.4) is 0 Å². The van der Waals surface area contributed by atoms with Crippen LogP contribution >= 0.6 is 15.9 Å². The average molecular weight is 303 g/mol. The quantitative estimate of drug-likeness (QED) is 0.619. The van der Waals surface area contributed by atoms with Crippen molar-refractivity contribution in [1.29, 1.82) is 0 Å². The number of hydrogen-bond acceptors (Lipinski definition) is 3. The van der Waals surface area contributed by atoms with E-state index in [2.05, 4.69) is 22.5 Å². The summed E-state index contributed by atoms with van der Waals surface area (Å²) in [6, 6.07) is 4.22. The van der Waals surface area contributed by atoms with Gasteiger partial charge in [-0.05, 0) is 41.1 Å². The van der Waals surface area contributed by atoms with Gasteiger partial charge in [0.2, 0.25) is 0 Å². The molecule has 5 heteroatoms. The Bertz CT molecular complexity index is 432. The van der Waals surface area contributed by atoms with Gasteiger partial charge in [0.1, 0.15) is 18.2 Å². The van der Waals surface area contributed by atoms with Crippen LogP contribution in [0.15, 0.2) is 34.8 Å². The monoisotopic (exact) mass is 302 g/mol. The fraction of sp³-hybridized carbons (Fsp3) is 0.250. The van der Waals surface area contributed by atoms with Gasteiger partial charge in [0.15, 0.2) is 0 Å². The Morgan fingerprint density at radius 1 is 1.53 bits per heavy atom. The zero-order chi connectivity index (χ0) is 12.8. The number of halogens is 2. The molecule has 0 aliphatic rings. The normalized spacial score (nSPS) is 9.82. The molecule has 17 heavy (non-hydrogen) atoms. The molecule has 0 spiro atoms. The molecule has 0 saturated heterocycles. The Kier molecular flexibility index (Phi) is 5.15. The van der Waals surface area contributed by atoms with Crippen molar-refractivity contribution in [3.63, 3.8) is 0 Å². The standard InChI is InChI=1S/C12H12BrFO3/c1-3-16-12(15)8(2)7-17-9-4-5-11(14)10(13)6-9/h4-6H,2-3,7H2,1H3. The van der Waals surface area contributed by atoms with Gasteiger partial charge in [0, 0.05) is 0 Å². The molecule has 1 rings (SSSR count). The molecule has 1 aromatic carbocycles. The van der Waals surface area contributed by atoms with Gasteiger partial charge >= 0.3 is 5.97 Å². The Balaban J connectivity index is 2.53. The number of carbonyl (C=O) groups excluding carboxylic acids is 1. The highest BCUT2D eigenvalue weighted by Gasteiger charge is 2.09. The van der Waals surface area contributed by atoms with Gasteiger partial charge in [-0.2, -0.15) is 0 Å². The molecular formula is C12H12BrFO3. The van der Waals surface area contributed by atoms with Crippen LogP contribution < -0.4 is 4.74 Å². The van der Waals surface area contributed by atoms with E-state index in [1.807, 2.05) is 0 Å². The van der Waals surface area contributed by atoms with Gasteiger partial charge < -0.3 is 9.47 Å². The van der Waals surface area contributed by atoms with Crippen LogP contribution in [-0.4, -0.2) is 19.2 Å². The maximum Gasteiger partial charge on any atom is 0.336 e. The maximum atomic E-state index is 12.9. The number of carbonyl (C=O) groups is 1. The molecule has 0 bridgehead atoms. The van der Waals surface area contributed by atoms with Crippen LogP contribution in [0.25, 0.3) is 0 Å². The third-order valence-electron chi connectivity index (χ3n) is 1.87. The van der Waals surface area contributed by atoms with Crippen LogP contribution in [0, 0.1) is 5.82 Å². The van der Waals surface area contributed by atoms with Crippen molar-refractivity contribution in [3.8, 4) is 5.75 Å². The Morgan fingerprint density at radius 3 is 2.82 bits per heavy atom. The van der Waals surface area contributed by atoms with Crippen LogP contribution in [0.2, 0.25) is 0 Å². The van der Waals surface area contributed by atoms with E-state index >= 15 is 0 Å². The van der Waals surface area contributed by atoms with Crippen molar-refractivity contribution in [2.45, 2.75) is 6.92 Å². The summed E-state index contributed by atoms with van der Waals surface area (Å²) in [7, 11) is 0. The summed E-state index contributed by atoms with van der Waals surface area (Å²) in [5.74, 6) is -0.418. The summed E-state index contributed by atoms with van der Waals surface area (Å²) in [4.78, 5) is 11.2. The smallest absolute Gasteiger partial charge is 0.336 e. The van der Waals surface area contributed by atoms with Gasteiger partial charge in [0.05, 0.1) is 16.7 Å². The topological polar surface area (TPSA) is 35.5 Å². The highest BCUT2D eigenvalue weighted by Crippen LogP contribution is 2.21. The molecule has 0 saturated carbocycles. The van der Waals surface area contributed by atoms with Crippen molar-refractivity contribution in [3.05, 3.63) is 40.6 Å². The SMILES string of the molecule is C=C(COc1ccc(F)c(Br)c1)C(=O)OCC. The van der Waals surface area contributed by atoms with Crippen molar-refractivity contribution in [1.82, 2.24) is 0 Å². The molecule has 0 atom stereocenters. The predicted octanol–water partition coefficient (Wildman–Crippen LogP) is 3.09. The zero-order valence-corrected chi connectivity index (χ0v) is 10.9.